The lowest BCUT2D eigenvalue weighted by Gasteiger charge is -2.29. The first-order valence-electron chi connectivity index (χ1n) is 8.97. The highest BCUT2D eigenvalue weighted by Gasteiger charge is 2.22. The predicted molar refractivity (Wildman–Crippen MR) is 97.6 cm³/mol. The van der Waals surface area contributed by atoms with E-state index in [1.807, 2.05) is 0 Å². The van der Waals surface area contributed by atoms with Crippen LogP contribution >= 0.6 is 0 Å². The van der Waals surface area contributed by atoms with Crippen LogP contribution in [0, 0.1) is 11.8 Å². The molecule has 0 radical (unpaired) electrons. The van der Waals surface area contributed by atoms with Crippen molar-refractivity contribution in [3.05, 3.63) is 71.9 Å². The third-order valence-electron chi connectivity index (χ3n) is 5.35. The molecule has 23 heavy (non-hydrogen) atoms. The first kappa shape index (κ1) is 14.6. The molecule has 0 bridgehead atoms. The van der Waals surface area contributed by atoms with E-state index in [0.29, 0.717) is 0 Å². The van der Waals surface area contributed by atoms with Gasteiger partial charge in [-0.3, -0.25) is 0 Å². The van der Waals surface area contributed by atoms with Crippen molar-refractivity contribution in [2.75, 3.05) is 0 Å². The Labute approximate surface area is 138 Å². The monoisotopic (exact) mass is 303 g/mol. The summed E-state index contributed by atoms with van der Waals surface area (Å²) in [6.45, 7) is 0. The molecule has 1 saturated carbocycles. The molecule has 1 N–H and O–H groups in total. The summed E-state index contributed by atoms with van der Waals surface area (Å²) in [6.07, 6.45) is 8.02. The SMILES string of the molecule is c1ccc(CC2CCCC(Cc3cc4ccccc4[nH]3)C2)cc1. The smallest absolute Gasteiger partial charge is 0.0456 e. The number of hydrogen-bond donors (Lipinski definition) is 1. The van der Waals surface area contributed by atoms with E-state index in [1.54, 1.807) is 0 Å². The van der Waals surface area contributed by atoms with Gasteiger partial charge >= 0.3 is 0 Å². The highest BCUT2D eigenvalue weighted by atomic mass is 14.7. The van der Waals surface area contributed by atoms with Gasteiger partial charge in [0.05, 0.1) is 0 Å². The van der Waals surface area contributed by atoms with Crippen LogP contribution in [0.15, 0.2) is 60.7 Å². The molecule has 2 unspecified atom stereocenters. The molecule has 118 valence electrons. The lowest BCUT2D eigenvalue weighted by Crippen LogP contribution is -2.19. The number of para-hydroxylation sites is 1. The zero-order valence-electron chi connectivity index (χ0n) is 13.7. The van der Waals surface area contributed by atoms with Crippen LogP contribution in [-0.4, -0.2) is 4.98 Å². The van der Waals surface area contributed by atoms with E-state index in [4.69, 9.17) is 0 Å². The number of fused-ring (bicyclic) bond motifs is 1. The molecule has 1 heteroatoms. The van der Waals surface area contributed by atoms with Crippen molar-refractivity contribution in [2.45, 2.75) is 38.5 Å². The summed E-state index contributed by atoms with van der Waals surface area (Å²) >= 11 is 0. The van der Waals surface area contributed by atoms with Crippen LogP contribution in [0.25, 0.3) is 10.9 Å². The molecule has 1 aromatic heterocycles. The first-order chi connectivity index (χ1) is 11.4. The van der Waals surface area contributed by atoms with Crippen molar-refractivity contribution in [2.24, 2.45) is 11.8 Å². The van der Waals surface area contributed by atoms with Crippen molar-refractivity contribution < 1.29 is 0 Å². The molecule has 1 aliphatic carbocycles. The van der Waals surface area contributed by atoms with Crippen LogP contribution in [0.5, 0.6) is 0 Å². The van der Waals surface area contributed by atoms with Crippen LogP contribution in [0.1, 0.15) is 36.9 Å². The van der Waals surface area contributed by atoms with E-state index in [2.05, 4.69) is 65.6 Å². The van der Waals surface area contributed by atoms with Gasteiger partial charge in [-0.25, -0.2) is 0 Å². The molecule has 1 nitrogen and oxygen atoms in total. The van der Waals surface area contributed by atoms with Crippen molar-refractivity contribution >= 4 is 10.9 Å². The molecule has 0 amide bonds. The zero-order valence-corrected chi connectivity index (χ0v) is 13.7. The molecule has 4 rings (SSSR count). The van der Waals surface area contributed by atoms with Gasteiger partial charge in [-0.15, -0.1) is 0 Å². The fourth-order valence-electron chi connectivity index (χ4n) is 4.27. The Hall–Kier alpha value is -2.02. The average Bonchev–Trinajstić information content (AvgIpc) is 2.98. The zero-order chi connectivity index (χ0) is 15.5. The lowest BCUT2D eigenvalue weighted by molar-refractivity contribution is 0.263. The van der Waals surface area contributed by atoms with Gasteiger partial charge in [0.15, 0.2) is 0 Å². The fourth-order valence-corrected chi connectivity index (χ4v) is 4.27. The summed E-state index contributed by atoms with van der Waals surface area (Å²) in [7, 11) is 0. The Balaban J connectivity index is 1.41. The highest BCUT2D eigenvalue weighted by molar-refractivity contribution is 5.80. The van der Waals surface area contributed by atoms with Gasteiger partial charge < -0.3 is 4.98 Å². The highest BCUT2D eigenvalue weighted by Crippen LogP contribution is 2.33. The normalized spacial score (nSPS) is 21.6. The Morgan fingerprint density at radius 1 is 0.826 bits per heavy atom. The fraction of sp³-hybridized carbons (Fsp3) is 0.364. The molecule has 2 aromatic carbocycles. The van der Waals surface area contributed by atoms with E-state index in [1.165, 1.54) is 60.7 Å². The maximum absolute atomic E-state index is 3.61. The van der Waals surface area contributed by atoms with E-state index in [9.17, 15) is 0 Å². The number of rotatable bonds is 4. The summed E-state index contributed by atoms with van der Waals surface area (Å²) < 4.78 is 0. The number of H-pyrrole nitrogens is 1. The van der Waals surface area contributed by atoms with Gasteiger partial charge in [0, 0.05) is 11.2 Å². The maximum atomic E-state index is 3.61. The number of aromatic amines is 1. The summed E-state index contributed by atoms with van der Waals surface area (Å²) in [5.41, 5.74) is 4.19. The van der Waals surface area contributed by atoms with Crippen molar-refractivity contribution in [1.82, 2.24) is 4.98 Å². The predicted octanol–water partition coefficient (Wildman–Crippen LogP) is 5.76. The van der Waals surface area contributed by atoms with E-state index in [-0.39, 0.29) is 0 Å². The Morgan fingerprint density at radius 3 is 2.39 bits per heavy atom. The van der Waals surface area contributed by atoms with Gasteiger partial charge in [-0.1, -0.05) is 67.8 Å². The third-order valence-corrected chi connectivity index (χ3v) is 5.35. The van der Waals surface area contributed by atoms with E-state index in [0.717, 1.165) is 11.8 Å². The number of aromatic nitrogens is 1. The topological polar surface area (TPSA) is 15.8 Å². The minimum Gasteiger partial charge on any atom is -0.358 e. The van der Waals surface area contributed by atoms with Crippen LogP contribution in [0.4, 0.5) is 0 Å². The number of nitrogens with one attached hydrogen (secondary N) is 1. The van der Waals surface area contributed by atoms with Crippen LogP contribution in [-0.2, 0) is 12.8 Å². The number of benzene rings is 2. The Morgan fingerprint density at radius 2 is 1.57 bits per heavy atom. The van der Waals surface area contributed by atoms with Crippen LogP contribution in [0.2, 0.25) is 0 Å². The largest absolute Gasteiger partial charge is 0.358 e. The van der Waals surface area contributed by atoms with Gasteiger partial charge in [0.25, 0.3) is 0 Å². The molecule has 0 aliphatic heterocycles. The summed E-state index contributed by atoms with van der Waals surface area (Å²) in [5.74, 6) is 1.70. The minimum atomic E-state index is 0.838. The maximum Gasteiger partial charge on any atom is 0.0456 e. The Kier molecular flexibility index (Phi) is 4.19. The van der Waals surface area contributed by atoms with Crippen molar-refractivity contribution in [3.63, 3.8) is 0 Å². The Bertz CT molecular complexity index is 723. The molecule has 1 fully saturated rings. The number of hydrogen-bond acceptors (Lipinski definition) is 0. The second kappa shape index (κ2) is 6.62. The van der Waals surface area contributed by atoms with Gasteiger partial charge in [0.2, 0.25) is 0 Å². The van der Waals surface area contributed by atoms with Gasteiger partial charge in [-0.05, 0) is 54.2 Å². The standard InChI is InChI=1S/C22H25N/c1-2-7-17(8-3-1)13-18-9-6-10-19(14-18)15-21-16-20-11-4-5-12-22(20)23-21/h1-5,7-8,11-12,16,18-19,23H,6,9-10,13-15H2. The average molecular weight is 303 g/mol. The minimum absolute atomic E-state index is 0.838. The summed E-state index contributed by atoms with van der Waals surface area (Å²) in [4.78, 5) is 3.61. The van der Waals surface area contributed by atoms with Crippen LogP contribution in [0.3, 0.4) is 0 Å². The van der Waals surface area contributed by atoms with Crippen molar-refractivity contribution in [3.8, 4) is 0 Å². The third kappa shape index (κ3) is 3.50. The van der Waals surface area contributed by atoms with Crippen molar-refractivity contribution in [1.29, 1.82) is 0 Å². The summed E-state index contributed by atoms with van der Waals surface area (Å²) in [6, 6.07) is 22.0. The molecule has 0 saturated heterocycles. The first-order valence-corrected chi connectivity index (χ1v) is 8.97. The van der Waals surface area contributed by atoms with Gasteiger partial charge in [0.1, 0.15) is 0 Å². The van der Waals surface area contributed by atoms with E-state index < -0.39 is 0 Å². The molecule has 1 heterocycles. The second-order valence-corrected chi connectivity index (χ2v) is 7.17. The molecular weight excluding hydrogens is 278 g/mol. The molecule has 3 aromatic rings. The summed E-state index contributed by atoms with van der Waals surface area (Å²) in [5, 5.41) is 1.35. The van der Waals surface area contributed by atoms with Crippen LogP contribution < -0.4 is 0 Å². The molecule has 0 spiro atoms. The van der Waals surface area contributed by atoms with E-state index >= 15 is 0 Å². The molecule has 1 aliphatic rings. The quantitative estimate of drug-likeness (QED) is 0.630. The lowest BCUT2D eigenvalue weighted by atomic mass is 9.77. The molecular formula is C22H25N. The molecule has 2 atom stereocenters. The van der Waals surface area contributed by atoms with Gasteiger partial charge in [-0.2, -0.15) is 0 Å². The second-order valence-electron chi connectivity index (χ2n) is 7.17.